The van der Waals surface area contributed by atoms with Crippen LogP contribution in [0.3, 0.4) is 0 Å². The fourth-order valence-corrected chi connectivity index (χ4v) is 3.83. The van der Waals surface area contributed by atoms with Gasteiger partial charge in [0.2, 0.25) is 5.91 Å². The monoisotopic (exact) mass is 277 g/mol. The van der Waals surface area contributed by atoms with Gasteiger partial charge in [-0.1, -0.05) is 13.3 Å². The minimum atomic E-state index is -0.183. The number of rotatable bonds is 7. The van der Waals surface area contributed by atoms with Crippen molar-refractivity contribution >= 4 is 29.3 Å². The Morgan fingerprint density at radius 3 is 2.82 bits per heavy atom. The molecule has 4 heteroatoms. The summed E-state index contributed by atoms with van der Waals surface area (Å²) in [4.78, 5) is 12.1. The first kappa shape index (κ1) is 15.2. The minimum absolute atomic E-state index is 0.183. The average molecular weight is 278 g/mol. The van der Waals surface area contributed by atoms with Gasteiger partial charge in [-0.3, -0.25) is 4.79 Å². The summed E-state index contributed by atoms with van der Waals surface area (Å²) in [5.74, 6) is 2.56. The Labute approximate surface area is 114 Å². The predicted octanol–water partition coefficient (Wildman–Crippen LogP) is 3.43. The Morgan fingerprint density at radius 1 is 1.53 bits per heavy atom. The molecule has 0 spiro atoms. The summed E-state index contributed by atoms with van der Waals surface area (Å²) >= 11 is 7.58. The van der Waals surface area contributed by atoms with Crippen molar-refractivity contribution in [1.82, 2.24) is 5.32 Å². The summed E-state index contributed by atoms with van der Waals surface area (Å²) in [6.07, 6.45) is 5.48. The van der Waals surface area contributed by atoms with E-state index in [1.165, 1.54) is 0 Å². The van der Waals surface area contributed by atoms with Crippen LogP contribution in [0.5, 0.6) is 0 Å². The van der Waals surface area contributed by atoms with Gasteiger partial charge in [-0.15, -0.1) is 23.4 Å². The number of nitrogens with one attached hydrogen (secondary N) is 1. The number of halogens is 1. The molecule has 0 radical (unpaired) electrons. The van der Waals surface area contributed by atoms with Crippen molar-refractivity contribution in [3.63, 3.8) is 0 Å². The normalized spacial score (nSPS) is 25.8. The summed E-state index contributed by atoms with van der Waals surface area (Å²) in [5.41, 5.74) is 0. The molecule has 2 nitrogen and oxygen atoms in total. The van der Waals surface area contributed by atoms with Gasteiger partial charge in [0.25, 0.3) is 0 Å². The lowest BCUT2D eigenvalue weighted by Gasteiger charge is -2.23. The topological polar surface area (TPSA) is 29.1 Å². The van der Waals surface area contributed by atoms with Crippen LogP contribution in [0.1, 0.15) is 46.0 Å². The molecule has 2 unspecified atom stereocenters. The number of carbonyl (C=O) groups excluding carboxylic acids is 1. The molecular weight excluding hydrogens is 254 g/mol. The number of hydrogen-bond acceptors (Lipinski definition) is 2. The third-order valence-corrected chi connectivity index (χ3v) is 5.20. The second-order valence-electron chi connectivity index (χ2n) is 5.03. The Bertz CT molecular complexity index is 236. The fraction of sp³-hybridized carbons (Fsp3) is 0.923. The molecule has 1 N–H and O–H groups in total. The van der Waals surface area contributed by atoms with Crippen molar-refractivity contribution in [2.75, 3.05) is 18.2 Å². The molecule has 1 heterocycles. The Kier molecular flexibility index (Phi) is 6.71. The second-order valence-corrected chi connectivity index (χ2v) is 7.00. The Hall–Kier alpha value is 0.110. The number of carbonyl (C=O) groups is 1. The van der Waals surface area contributed by atoms with E-state index in [4.69, 9.17) is 11.6 Å². The molecule has 1 aliphatic rings. The molecule has 1 aliphatic heterocycles. The van der Waals surface area contributed by atoms with Crippen LogP contribution in [0, 0.1) is 5.92 Å². The average Bonchev–Trinajstić information content (AvgIpc) is 2.74. The molecule has 2 atom stereocenters. The zero-order valence-corrected chi connectivity index (χ0v) is 12.5. The predicted molar refractivity (Wildman–Crippen MR) is 76.8 cm³/mol. The van der Waals surface area contributed by atoms with Crippen LogP contribution in [0.15, 0.2) is 0 Å². The molecule has 0 saturated carbocycles. The largest absolute Gasteiger partial charge is 0.355 e. The number of hydrogen-bond donors (Lipinski definition) is 1. The maximum absolute atomic E-state index is 12.1. The lowest BCUT2D eigenvalue weighted by Crippen LogP contribution is -2.42. The molecule has 0 aliphatic carbocycles. The van der Waals surface area contributed by atoms with Crippen LogP contribution in [0.2, 0.25) is 0 Å². The van der Waals surface area contributed by atoms with Gasteiger partial charge in [0.15, 0.2) is 0 Å². The van der Waals surface area contributed by atoms with E-state index in [1.54, 1.807) is 11.8 Å². The molecule has 1 saturated heterocycles. The van der Waals surface area contributed by atoms with E-state index in [-0.39, 0.29) is 10.7 Å². The van der Waals surface area contributed by atoms with Gasteiger partial charge < -0.3 is 5.32 Å². The maximum Gasteiger partial charge on any atom is 0.235 e. The third-order valence-electron chi connectivity index (χ3n) is 3.46. The van der Waals surface area contributed by atoms with Crippen molar-refractivity contribution in [2.24, 2.45) is 5.92 Å². The van der Waals surface area contributed by atoms with E-state index in [1.807, 2.05) is 0 Å². The molecule has 0 bridgehead atoms. The molecule has 0 aromatic rings. The molecule has 1 amide bonds. The Morgan fingerprint density at radius 2 is 2.29 bits per heavy atom. The lowest BCUT2D eigenvalue weighted by molar-refractivity contribution is -0.123. The highest BCUT2D eigenvalue weighted by Crippen LogP contribution is 2.37. The number of amides is 1. The minimum Gasteiger partial charge on any atom is -0.355 e. The highest BCUT2D eigenvalue weighted by molar-refractivity contribution is 8.01. The van der Waals surface area contributed by atoms with Gasteiger partial charge in [-0.25, -0.2) is 0 Å². The van der Waals surface area contributed by atoms with Gasteiger partial charge in [-0.05, 0) is 44.3 Å². The van der Waals surface area contributed by atoms with Gasteiger partial charge >= 0.3 is 0 Å². The number of thioether (sulfide) groups is 1. The highest BCUT2D eigenvalue weighted by atomic mass is 35.5. The van der Waals surface area contributed by atoms with E-state index >= 15 is 0 Å². The van der Waals surface area contributed by atoms with Crippen LogP contribution in [-0.4, -0.2) is 28.8 Å². The molecule has 1 fully saturated rings. The highest BCUT2D eigenvalue weighted by Gasteiger charge is 2.36. The summed E-state index contributed by atoms with van der Waals surface area (Å²) in [5, 5.41) is 3.12. The Balaban J connectivity index is 2.34. The summed E-state index contributed by atoms with van der Waals surface area (Å²) < 4.78 is -0.183. The van der Waals surface area contributed by atoms with Crippen molar-refractivity contribution in [3.05, 3.63) is 0 Å². The first-order chi connectivity index (χ1) is 8.12. The van der Waals surface area contributed by atoms with Gasteiger partial charge in [0.05, 0.1) is 4.75 Å². The molecular formula is C13H24ClNOS. The summed E-state index contributed by atoms with van der Waals surface area (Å²) in [7, 11) is 0. The van der Waals surface area contributed by atoms with E-state index in [0.29, 0.717) is 11.8 Å². The van der Waals surface area contributed by atoms with Crippen molar-refractivity contribution in [1.29, 1.82) is 0 Å². The van der Waals surface area contributed by atoms with E-state index < -0.39 is 0 Å². The van der Waals surface area contributed by atoms with Crippen molar-refractivity contribution in [3.8, 4) is 0 Å². The number of alkyl halides is 1. The molecule has 100 valence electrons. The van der Waals surface area contributed by atoms with Gasteiger partial charge in [0.1, 0.15) is 0 Å². The van der Waals surface area contributed by atoms with E-state index in [9.17, 15) is 4.79 Å². The van der Waals surface area contributed by atoms with Crippen LogP contribution in [0.4, 0.5) is 0 Å². The lowest BCUT2D eigenvalue weighted by atomic mass is 9.99. The smallest absolute Gasteiger partial charge is 0.235 e. The zero-order chi connectivity index (χ0) is 12.7. The first-order valence-electron chi connectivity index (χ1n) is 6.60. The third kappa shape index (κ3) is 4.70. The maximum atomic E-state index is 12.1. The first-order valence-corrected chi connectivity index (χ1v) is 8.12. The van der Waals surface area contributed by atoms with Crippen LogP contribution in [-0.2, 0) is 4.79 Å². The fourth-order valence-electron chi connectivity index (χ4n) is 2.29. The molecule has 0 aromatic heterocycles. The van der Waals surface area contributed by atoms with Crippen LogP contribution < -0.4 is 5.32 Å². The van der Waals surface area contributed by atoms with Gasteiger partial charge in [0, 0.05) is 12.4 Å². The van der Waals surface area contributed by atoms with Crippen molar-refractivity contribution in [2.45, 2.75) is 50.7 Å². The summed E-state index contributed by atoms with van der Waals surface area (Å²) in [6.45, 7) is 5.03. The van der Waals surface area contributed by atoms with Crippen LogP contribution >= 0.6 is 23.4 Å². The van der Waals surface area contributed by atoms with E-state index in [2.05, 4.69) is 19.2 Å². The second kappa shape index (κ2) is 7.52. The molecule has 17 heavy (non-hydrogen) atoms. The quantitative estimate of drug-likeness (QED) is 0.723. The zero-order valence-electron chi connectivity index (χ0n) is 10.9. The summed E-state index contributed by atoms with van der Waals surface area (Å²) in [6, 6.07) is 0. The van der Waals surface area contributed by atoms with Crippen LogP contribution in [0.25, 0.3) is 0 Å². The SMILES string of the molecule is CCCC(CCCl)CNC(=O)C1(C)CCCS1. The van der Waals surface area contributed by atoms with Gasteiger partial charge in [-0.2, -0.15) is 0 Å². The molecule has 1 rings (SSSR count). The molecule has 0 aromatic carbocycles. The standard InChI is InChI=1S/C13H24ClNOS/c1-3-5-11(6-8-14)10-15-12(16)13(2)7-4-9-17-13/h11H,3-10H2,1-2H3,(H,15,16). The van der Waals surface area contributed by atoms with Crippen molar-refractivity contribution < 1.29 is 4.79 Å². The van der Waals surface area contributed by atoms with E-state index in [0.717, 1.165) is 44.4 Å².